The Hall–Kier alpha value is -1.88. The molecular formula is C14H19N2O3+. The Morgan fingerprint density at radius 3 is 2.58 bits per heavy atom. The summed E-state index contributed by atoms with van der Waals surface area (Å²) in [6, 6.07) is 6.69. The van der Waals surface area contributed by atoms with Gasteiger partial charge >= 0.3 is 0 Å². The first kappa shape index (κ1) is 13.5. The summed E-state index contributed by atoms with van der Waals surface area (Å²) >= 11 is 0. The van der Waals surface area contributed by atoms with Crippen molar-refractivity contribution >= 4 is 17.5 Å². The molecule has 1 aliphatic rings. The van der Waals surface area contributed by atoms with Gasteiger partial charge in [0, 0.05) is 0 Å². The van der Waals surface area contributed by atoms with Crippen LogP contribution in [0.5, 0.6) is 5.75 Å². The van der Waals surface area contributed by atoms with E-state index in [1.807, 2.05) is 5.32 Å². The molecule has 19 heavy (non-hydrogen) atoms. The molecule has 102 valence electrons. The lowest BCUT2D eigenvalue weighted by Crippen LogP contribution is -2.91. The number of hydrogen-bond acceptors (Lipinski definition) is 3. The number of rotatable bonds is 5. The first-order chi connectivity index (χ1) is 9.17. The number of nitrogens with zero attached hydrogens (tertiary/aromatic N) is 1. The van der Waals surface area contributed by atoms with Crippen LogP contribution in [-0.2, 0) is 9.59 Å². The molecule has 1 heterocycles. The van der Waals surface area contributed by atoms with Gasteiger partial charge in [-0.05, 0) is 30.7 Å². The van der Waals surface area contributed by atoms with E-state index in [-0.39, 0.29) is 24.3 Å². The lowest BCUT2D eigenvalue weighted by atomic mass is 10.2. The second-order valence-corrected chi connectivity index (χ2v) is 4.60. The Balaban J connectivity index is 2.14. The fourth-order valence-electron chi connectivity index (χ4n) is 2.21. The molecule has 0 aliphatic carbocycles. The molecule has 0 bridgehead atoms. The number of benzene rings is 1. The number of quaternary nitrogens is 1. The smallest absolute Gasteiger partial charge is 0.292 e. The van der Waals surface area contributed by atoms with Crippen LogP contribution in [0, 0.1) is 0 Å². The van der Waals surface area contributed by atoms with Crippen LogP contribution in [0.2, 0.25) is 0 Å². The van der Waals surface area contributed by atoms with E-state index in [0.717, 1.165) is 13.0 Å². The second kappa shape index (κ2) is 5.84. The molecule has 1 aromatic rings. The van der Waals surface area contributed by atoms with E-state index in [9.17, 15) is 9.59 Å². The van der Waals surface area contributed by atoms with Crippen molar-refractivity contribution in [2.45, 2.75) is 25.8 Å². The van der Waals surface area contributed by atoms with E-state index < -0.39 is 0 Å². The van der Waals surface area contributed by atoms with Crippen molar-refractivity contribution < 1.29 is 19.6 Å². The number of methoxy groups -OCH3 is 1. The van der Waals surface area contributed by atoms with Gasteiger partial charge in [-0.15, -0.1) is 0 Å². The largest absolute Gasteiger partial charge is 0.497 e. The number of carbonyl (C=O) groups excluding carboxylic acids is 2. The predicted octanol–water partition coefficient (Wildman–Crippen LogP) is 0.300. The standard InChI is InChI=1S/C14H18N2O3/c1-3-8-15-12-9-13(17)16(14(12)18)10-4-6-11(19-2)7-5-10/h4-7,12,15H,3,8-9H2,1-2H3/p+1/t12-/m1/s1. The molecule has 1 fully saturated rings. The molecule has 5 nitrogen and oxygen atoms in total. The molecule has 0 unspecified atom stereocenters. The highest BCUT2D eigenvalue weighted by Gasteiger charge is 2.41. The fourth-order valence-corrected chi connectivity index (χ4v) is 2.21. The predicted molar refractivity (Wildman–Crippen MR) is 71.0 cm³/mol. The van der Waals surface area contributed by atoms with Gasteiger partial charge in [-0.25, -0.2) is 4.90 Å². The van der Waals surface area contributed by atoms with Gasteiger partial charge in [-0.1, -0.05) is 6.92 Å². The number of hydrogen-bond donors (Lipinski definition) is 1. The molecule has 1 aliphatic heterocycles. The van der Waals surface area contributed by atoms with Crippen molar-refractivity contribution in [1.82, 2.24) is 0 Å². The lowest BCUT2D eigenvalue weighted by Gasteiger charge is -2.14. The summed E-state index contributed by atoms with van der Waals surface area (Å²) in [5.41, 5.74) is 0.614. The summed E-state index contributed by atoms with van der Waals surface area (Å²) in [6.07, 6.45) is 1.27. The Morgan fingerprint density at radius 2 is 2.00 bits per heavy atom. The zero-order chi connectivity index (χ0) is 13.8. The third-order valence-electron chi connectivity index (χ3n) is 3.25. The summed E-state index contributed by atoms with van der Waals surface area (Å²) in [5, 5.41) is 1.95. The fraction of sp³-hybridized carbons (Fsp3) is 0.429. The third-order valence-corrected chi connectivity index (χ3v) is 3.25. The van der Waals surface area contributed by atoms with Crippen LogP contribution in [0.3, 0.4) is 0 Å². The lowest BCUT2D eigenvalue weighted by molar-refractivity contribution is -0.674. The molecule has 0 spiro atoms. The van der Waals surface area contributed by atoms with Gasteiger partial charge < -0.3 is 10.1 Å². The maximum atomic E-state index is 12.2. The molecule has 1 aromatic carbocycles. The van der Waals surface area contributed by atoms with Crippen LogP contribution >= 0.6 is 0 Å². The number of imide groups is 1. The molecule has 2 N–H and O–H groups in total. The summed E-state index contributed by atoms with van der Waals surface area (Å²) < 4.78 is 5.07. The average Bonchev–Trinajstić information content (AvgIpc) is 2.71. The first-order valence-electron chi connectivity index (χ1n) is 6.51. The van der Waals surface area contributed by atoms with Crippen LogP contribution in [0.25, 0.3) is 0 Å². The number of nitrogens with two attached hydrogens (primary N) is 1. The van der Waals surface area contributed by atoms with Gasteiger partial charge in [-0.3, -0.25) is 9.59 Å². The van der Waals surface area contributed by atoms with Gasteiger partial charge in [0.05, 0.1) is 25.8 Å². The van der Waals surface area contributed by atoms with E-state index in [4.69, 9.17) is 4.74 Å². The van der Waals surface area contributed by atoms with Crippen molar-refractivity contribution in [1.29, 1.82) is 0 Å². The van der Waals surface area contributed by atoms with Crippen molar-refractivity contribution in [2.75, 3.05) is 18.6 Å². The maximum Gasteiger partial charge on any atom is 0.292 e. The zero-order valence-electron chi connectivity index (χ0n) is 11.3. The summed E-state index contributed by atoms with van der Waals surface area (Å²) in [7, 11) is 1.58. The van der Waals surface area contributed by atoms with Crippen LogP contribution < -0.4 is 15.0 Å². The first-order valence-corrected chi connectivity index (χ1v) is 6.51. The van der Waals surface area contributed by atoms with Crippen molar-refractivity contribution in [2.24, 2.45) is 0 Å². The molecule has 2 rings (SSSR count). The highest BCUT2D eigenvalue weighted by Crippen LogP contribution is 2.24. The van der Waals surface area contributed by atoms with E-state index in [0.29, 0.717) is 11.4 Å². The van der Waals surface area contributed by atoms with Crippen molar-refractivity contribution in [3.63, 3.8) is 0 Å². The van der Waals surface area contributed by atoms with E-state index in [2.05, 4.69) is 6.92 Å². The topological polar surface area (TPSA) is 63.2 Å². The Labute approximate surface area is 112 Å². The van der Waals surface area contributed by atoms with Crippen molar-refractivity contribution in [3.8, 4) is 5.75 Å². The highest BCUT2D eigenvalue weighted by molar-refractivity contribution is 6.21. The molecule has 1 saturated heterocycles. The molecule has 0 aromatic heterocycles. The average molecular weight is 263 g/mol. The molecular weight excluding hydrogens is 244 g/mol. The second-order valence-electron chi connectivity index (χ2n) is 4.60. The quantitative estimate of drug-likeness (QED) is 0.777. The SMILES string of the molecule is CCC[NH2+][C@@H]1CC(=O)N(c2ccc(OC)cc2)C1=O. The number of ether oxygens (including phenoxy) is 1. The minimum Gasteiger partial charge on any atom is -0.497 e. The third kappa shape index (κ3) is 2.76. The van der Waals surface area contributed by atoms with Gasteiger partial charge in [-0.2, -0.15) is 0 Å². The summed E-state index contributed by atoms with van der Waals surface area (Å²) in [6.45, 7) is 2.92. The van der Waals surface area contributed by atoms with E-state index >= 15 is 0 Å². The van der Waals surface area contributed by atoms with E-state index in [1.54, 1.807) is 31.4 Å². The molecule has 2 amide bonds. The number of carbonyl (C=O) groups is 2. The van der Waals surface area contributed by atoms with Crippen LogP contribution in [-0.4, -0.2) is 31.5 Å². The normalized spacial score (nSPS) is 19.1. The minimum atomic E-state index is -0.269. The monoisotopic (exact) mass is 263 g/mol. The van der Waals surface area contributed by atoms with E-state index in [1.165, 1.54) is 4.90 Å². The Morgan fingerprint density at radius 1 is 1.32 bits per heavy atom. The minimum absolute atomic E-state index is 0.122. The molecule has 5 heteroatoms. The maximum absolute atomic E-state index is 12.2. The van der Waals surface area contributed by atoms with Crippen molar-refractivity contribution in [3.05, 3.63) is 24.3 Å². The Bertz CT molecular complexity index is 470. The number of amides is 2. The number of anilines is 1. The van der Waals surface area contributed by atoms with Crippen LogP contribution in [0.4, 0.5) is 5.69 Å². The summed E-state index contributed by atoms with van der Waals surface area (Å²) in [5.74, 6) is 0.452. The van der Waals surface area contributed by atoms with Gasteiger partial charge in [0.1, 0.15) is 5.75 Å². The van der Waals surface area contributed by atoms with Gasteiger partial charge in [0.15, 0.2) is 6.04 Å². The van der Waals surface area contributed by atoms with Gasteiger partial charge in [0.2, 0.25) is 5.91 Å². The molecule has 1 atom stereocenters. The van der Waals surface area contributed by atoms with Crippen LogP contribution in [0.1, 0.15) is 19.8 Å². The highest BCUT2D eigenvalue weighted by atomic mass is 16.5. The zero-order valence-corrected chi connectivity index (χ0v) is 11.3. The van der Waals surface area contributed by atoms with Gasteiger partial charge in [0.25, 0.3) is 5.91 Å². The Kier molecular flexibility index (Phi) is 4.16. The molecule has 0 radical (unpaired) electrons. The summed E-state index contributed by atoms with van der Waals surface area (Å²) in [4.78, 5) is 25.5. The van der Waals surface area contributed by atoms with Crippen LogP contribution in [0.15, 0.2) is 24.3 Å². The molecule has 0 saturated carbocycles.